The average Bonchev–Trinajstić information content (AvgIpc) is 3.14. The van der Waals surface area contributed by atoms with Gasteiger partial charge in [-0.25, -0.2) is 18.4 Å². The van der Waals surface area contributed by atoms with Crippen molar-refractivity contribution in [2.45, 2.75) is 4.90 Å². The van der Waals surface area contributed by atoms with Gasteiger partial charge in [0.15, 0.2) is 17.1 Å². The molecule has 0 bridgehead atoms. The molecule has 1 aromatic carbocycles. The van der Waals surface area contributed by atoms with Gasteiger partial charge in [0, 0.05) is 39.3 Å². The van der Waals surface area contributed by atoms with Crippen LogP contribution in [-0.4, -0.2) is 72.9 Å². The predicted octanol–water partition coefficient (Wildman–Crippen LogP) is 0.891. The van der Waals surface area contributed by atoms with Crippen molar-refractivity contribution in [2.24, 2.45) is 7.05 Å². The Balaban J connectivity index is 1.54. The van der Waals surface area contributed by atoms with Crippen molar-refractivity contribution in [1.29, 1.82) is 0 Å². The summed E-state index contributed by atoms with van der Waals surface area (Å²) in [7, 11) is 1.18. The molecule has 0 aliphatic carbocycles. The molecule has 3 heterocycles. The second-order valence-electron chi connectivity index (χ2n) is 6.61. The predicted molar refractivity (Wildman–Crippen MR) is 107 cm³/mol. The number of benzene rings is 1. The molecule has 1 fully saturated rings. The molecule has 154 valence electrons. The summed E-state index contributed by atoms with van der Waals surface area (Å²) in [6.45, 7) is 1.74. The Kier molecular flexibility index (Phi) is 5.01. The van der Waals surface area contributed by atoms with Gasteiger partial charge in [0.2, 0.25) is 10.0 Å². The summed E-state index contributed by atoms with van der Waals surface area (Å²) >= 11 is 0. The molecule has 1 saturated heterocycles. The zero-order valence-corrected chi connectivity index (χ0v) is 17.3. The standard InChI is InChI=1S/C18H22N6O4S/c1-22-17-14(11-21-22)18(20-12-19-17)23-6-8-24(9-7-23)29(25,26)13-4-5-15(27-2)16(10-13)28-3/h4-5,10-12H,6-9H2,1-3H3. The Labute approximate surface area is 168 Å². The Morgan fingerprint density at radius 1 is 1.00 bits per heavy atom. The first-order valence-corrected chi connectivity index (χ1v) is 10.5. The van der Waals surface area contributed by atoms with E-state index in [-0.39, 0.29) is 4.90 Å². The van der Waals surface area contributed by atoms with E-state index in [4.69, 9.17) is 9.47 Å². The van der Waals surface area contributed by atoms with E-state index in [9.17, 15) is 8.42 Å². The lowest BCUT2D eigenvalue weighted by Crippen LogP contribution is -2.49. The normalized spacial score (nSPS) is 15.6. The van der Waals surface area contributed by atoms with Gasteiger partial charge in [-0.3, -0.25) is 4.68 Å². The zero-order valence-electron chi connectivity index (χ0n) is 16.4. The molecule has 11 heteroatoms. The second-order valence-corrected chi connectivity index (χ2v) is 8.55. The van der Waals surface area contributed by atoms with Gasteiger partial charge in [0.1, 0.15) is 12.1 Å². The topological polar surface area (TPSA) is 103 Å². The van der Waals surface area contributed by atoms with Gasteiger partial charge < -0.3 is 14.4 Å². The molecule has 0 atom stereocenters. The van der Waals surface area contributed by atoms with E-state index in [0.29, 0.717) is 37.7 Å². The lowest BCUT2D eigenvalue weighted by molar-refractivity contribution is 0.353. The molecule has 1 aliphatic rings. The summed E-state index contributed by atoms with van der Waals surface area (Å²) in [5.41, 5.74) is 0.746. The largest absolute Gasteiger partial charge is 0.493 e. The van der Waals surface area contributed by atoms with E-state index in [1.165, 1.54) is 37.0 Å². The van der Waals surface area contributed by atoms with E-state index in [1.54, 1.807) is 16.9 Å². The molecule has 0 radical (unpaired) electrons. The molecular weight excluding hydrogens is 396 g/mol. The van der Waals surface area contributed by atoms with Crippen LogP contribution in [0.5, 0.6) is 11.5 Å². The maximum atomic E-state index is 13.1. The number of sulfonamides is 1. The Morgan fingerprint density at radius 2 is 1.72 bits per heavy atom. The molecule has 4 rings (SSSR count). The fourth-order valence-electron chi connectivity index (χ4n) is 3.47. The highest BCUT2D eigenvalue weighted by Gasteiger charge is 2.30. The molecule has 3 aromatic rings. The van der Waals surface area contributed by atoms with Crippen molar-refractivity contribution in [3.8, 4) is 11.5 Å². The van der Waals surface area contributed by atoms with Crippen LogP contribution in [0.1, 0.15) is 0 Å². The lowest BCUT2D eigenvalue weighted by atomic mass is 10.3. The Hall–Kier alpha value is -2.92. The lowest BCUT2D eigenvalue weighted by Gasteiger charge is -2.34. The van der Waals surface area contributed by atoms with E-state index >= 15 is 0 Å². The minimum atomic E-state index is -3.64. The number of piperazine rings is 1. The molecule has 0 amide bonds. The van der Waals surface area contributed by atoms with Crippen LogP contribution in [0.2, 0.25) is 0 Å². The van der Waals surface area contributed by atoms with E-state index < -0.39 is 10.0 Å². The zero-order chi connectivity index (χ0) is 20.6. The number of rotatable bonds is 5. The van der Waals surface area contributed by atoms with Gasteiger partial charge in [-0.2, -0.15) is 9.40 Å². The highest BCUT2D eigenvalue weighted by molar-refractivity contribution is 7.89. The number of aromatic nitrogens is 4. The van der Waals surface area contributed by atoms with Crippen molar-refractivity contribution in [3.05, 3.63) is 30.7 Å². The monoisotopic (exact) mass is 418 g/mol. The fourth-order valence-corrected chi connectivity index (χ4v) is 4.91. The third-order valence-electron chi connectivity index (χ3n) is 5.04. The van der Waals surface area contributed by atoms with Gasteiger partial charge in [-0.15, -0.1) is 0 Å². The van der Waals surface area contributed by atoms with Gasteiger partial charge in [0.25, 0.3) is 0 Å². The van der Waals surface area contributed by atoms with Crippen molar-refractivity contribution in [2.75, 3.05) is 45.3 Å². The van der Waals surface area contributed by atoms with Gasteiger partial charge in [-0.05, 0) is 12.1 Å². The summed E-state index contributed by atoms with van der Waals surface area (Å²) in [6, 6.07) is 4.62. The quantitative estimate of drug-likeness (QED) is 0.602. The molecule has 0 unspecified atom stereocenters. The van der Waals surface area contributed by atoms with Crippen LogP contribution in [0.15, 0.2) is 35.6 Å². The van der Waals surface area contributed by atoms with Crippen LogP contribution in [0.3, 0.4) is 0 Å². The third-order valence-corrected chi connectivity index (χ3v) is 6.93. The van der Waals surface area contributed by atoms with E-state index in [2.05, 4.69) is 20.0 Å². The smallest absolute Gasteiger partial charge is 0.243 e. The molecule has 1 aliphatic heterocycles. The van der Waals surface area contributed by atoms with Crippen LogP contribution in [0.4, 0.5) is 5.82 Å². The number of methoxy groups -OCH3 is 2. The van der Waals surface area contributed by atoms with E-state index in [1.807, 2.05) is 7.05 Å². The average molecular weight is 418 g/mol. The van der Waals surface area contributed by atoms with Gasteiger partial charge in [-0.1, -0.05) is 0 Å². The summed E-state index contributed by atoms with van der Waals surface area (Å²) in [5, 5.41) is 5.09. The minimum Gasteiger partial charge on any atom is -0.493 e. The highest BCUT2D eigenvalue weighted by Crippen LogP contribution is 2.31. The number of hydrogen-bond donors (Lipinski definition) is 0. The first kappa shape index (κ1) is 19.4. The van der Waals surface area contributed by atoms with Crippen molar-refractivity contribution < 1.29 is 17.9 Å². The van der Waals surface area contributed by atoms with Crippen LogP contribution >= 0.6 is 0 Å². The van der Waals surface area contributed by atoms with Gasteiger partial charge in [0.05, 0.1) is 30.7 Å². The molecule has 29 heavy (non-hydrogen) atoms. The first-order chi connectivity index (χ1) is 14.0. The second kappa shape index (κ2) is 7.48. The molecule has 10 nitrogen and oxygen atoms in total. The van der Waals surface area contributed by atoms with Crippen molar-refractivity contribution in [3.63, 3.8) is 0 Å². The minimum absolute atomic E-state index is 0.181. The summed E-state index contributed by atoms with van der Waals surface area (Å²) in [4.78, 5) is 10.9. The summed E-state index contributed by atoms with van der Waals surface area (Å²) < 4.78 is 39.8. The fraction of sp³-hybridized carbons (Fsp3) is 0.389. The number of fused-ring (bicyclic) bond motifs is 1. The summed E-state index contributed by atoms with van der Waals surface area (Å²) in [5.74, 6) is 1.64. The number of hydrogen-bond acceptors (Lipinski definition) is 8. The molecule has 2 aromatic heterocycles. The number of ether oxygens (including phenoxy) is 2. The molecular formula is C18H22N6O4S. The van der Waals surface area contributed by atoms with Gasteiger partial charge >= 0.3 is 0 Å². The van der Waals surface area contributed by atoms with Crippen molar-refractivity contribution >= 4 is 26.9 Å². The maximum Gasteiger partial charge on any atom is 0.243 e. The van der Waals surface area contributed by atoms with E-state index in [0.717, 1.165) is 16.9 Å². The molecule has 0 N–H and O–H groups in total. The number of aryl methyl sites for hydroxylation is 1. The SMILES string of the molecule is COc1ccc(S(=O)(=O)N2CCN(c3ncnc4c3cnn4C)CC2)cc1OC. The van der Waals surface area contributed by atoms with Crippen LogP contribution in [0.25, 0.3) is 11.0 Å². The highest BCUT2D eigenvalue weighted by atomic mass is 32.2. The van der Waals surface area contributed by atoms with Crippen LogP contribution < -0.4 is 14.4 Å². The molecule has 0 spiro atoms. The van der Waals surface area contributed by atoms with Crippen LogP contribution in [0, 0.1) is 0 Å². The summed E-state index contributed by atoms with van der Waals surface area (Å²) in [6.07, 6.45) is 3.24. The maximum absolute atomic E-state index is 13.1. The Bertz CT molecular complexity index is 1140. The number of nitrogens with zero attached hydrogens (tertiary/aromatic N) is 6. The van der Waals surface area contributed by atoms with Crippen LogP contribution in [-0.2, 0) is 17.1 Å². The van der Waals surface area contributed by atoms with Crippen molar-refractivity contribution in [1.82, 2.24) is 24.1 Å². The first-order valence-electron chi connectivity index (χ1n) is 9.05. The molecule has 0 saturated carbocycles. The third kappa shape index (κ3) is 3.36. The number of anilines is 1. The Morgan fingerprint density at radius 3 is 2.41 bits per heavy atom.